The zero-order valence-corrected chi connectivity index (χ0v) is 11.9. The van der Waals surface area contributed by atoms with Crippen LogP contribution < -0.4 is 14.2 Å². The summed E-state index contributed by atoms with van der Waals surface area (Å²) in [6.45, 7) is 0.144. The highest BCUT2D eigenvalue weighted by molar-refractivity contribution is 6.20. The van der Waals surface area contributed by atoms with E-state index in [1.54, 1.807) is 55.7 Å². The van der Waals surface area contributed by atoms with Crippen LogP contribution >= 0.6 is 0 Å². The predicted octanol–water partition coefficient (Wildman–Crippen LogP) is 3.05. The molecule has 0 saturated carbocycles. The quantitative estimate of drug-likeness (QED) is 0.694. The molecule has 22 heavy (non-hydrogen) atoms. The van der Waals surface area contributed by atoms with Crippen molar-refractivity contribution in [3.05, 3.63) is 53.6 Å². The fourth-order valence-electron chi connectivity index (χ4n) is 2.26. The van der Waals surface area contributed by atoms with Gasteiger partial charge in [0.15, 0.2) is 11.5 Å². The van der Waals surface area contributed by atoms with Gasteiger partial charge in [-0.05, 0) is 29.8 Å². The average molecular weight is 298 g/mol. The SMILES string of the molecule is COc1ccc(/C(=C\c2cccc3c2OCO3)C(=O)O)cc1. The van der Waals surface area contributed by atoms with Crippen molar-refractivity contribution in [2.45, 2.75) is 0 Å². The second-order valence-electron chi connectivity index (χ2n) is 4.67. The lowest BCUT2D eigenvalue weighted by Crippen LogP contribution is -2.00. The smallest absolute Gasteiger partial charge is 0.336 e. The first-order valence-corrected chi connectivity index (χ1v) is 6.67. The molecule has 1 N–H and O–H groups in total. The van der Waals surface area contributed by atoms with E-state index in [-0.39, 0.29) is 12.4 Å². The molecule has 0 fully saturated rings. The third-order valence-electron chi connectivity index (χ3n) is 3.36. The van der Waals surface area contributed by atoms with E-state index in [9.17, 15) is 9.90 Å². The Morgan fingerprint density at radius 3 is 2.64 bits per heavy atom. The minimum Gasteiger partial charge on any atom is -0.497 e. The summed E-state index contributed by atoms with van der Waals surface area (Å²) >= 11 is 0. The molecule has 1 aliphatic rings. The lowest BCUT2D eigenvalue weighted by atomic mass is 10.0. The van der Waals surface area contributed by atoms with Crippen molar-refractivity contribution in [2.75, 3.05) is 13.9 Å². The predicted molar refractivity (Wildman–Crippen MR) is 81.1 cm³/mol. The highest BCUT2D eigenvalue weighted by atomic mass is 16.7. The number of rotatable bonds is 4. The Bertz CT molecular complexity index is 731. The van der Waals surface area contributed by atoms with Gasteiger partial charge < -0.3 is 19.3 Å². The van der Waals surface area contributed by atoms with E-state index >= 15 is 0 Å². The third-order valence-corrected chi connectivity index (χ3v) is 3.36. The molecule has 5 nitrogen and oxygen atoms in total. The first-order valence-electron chi connectivity index (χ1n) is 6.67. The van der Waals surface area contributed by atoms with E-state index in [4.69, 9.17) is 14.2 Å². The van der Waals surface area contributed by atoms with Gasteiger partial charge in [0.2, 0.25) is 6.79 Å². The Kier molecular flexibility index (Phi) is 3.70. The zero-order chi connectivity index (χ0) is 15.5. The minimum absolute atomic E-state index is 0.144. The Labute approximate surface area is 127 Å². The summed E-state index contributed by atoms with van der Waals surface area (Å²) in [5.41, 5.74) is 1.43. The molecule has 0 unspecified atom stereocenters. The van der Waals surface area contributed by atoms with Gasteiger partial charge in [0.05, 0.1) is 12.7 Å². The summed E-state index contributed by atoms with van der Waals surface area (Å²) in [6.07, 6.45) is 1.58. The fraction of sp³-hybridized carbons (Fsp3) is 0.118. The lowest BCUT2D eigenvalue weighted by Gasteiger charge is -2.06. The highest BCUT2D eigenvalue weighted by Crippen LogP contribution is 2.37. The van der Waals surface area contributed by atoms with Crippen molar-refractivity contribution in [1.82, 2.24) is 0 Å². The molecule has 0 aliphatic carbocycles. The average Bonchev–Trinajstić information content (AvgIpc) is 3.02. The minimum atomic E-state index is -1.01. The first kappa shape index (κ1) is 14.0. The van der Waals surface area contributed by atoms with Crippen molar-refractivity contribution in [3.8, 4) is 17.2 Å². The Balaban J connectivity index is 2.04. The molecule has 0 bridgehead atoms. The highest BCUT2D eigenvalue weighted by Gasteiger charge is 2.18. The molecule has 0 aromatic heterocycles. The zero-order valence-electron chi connectivity index (χ0n) is 11.9. The summed E-state index contributed by atoms with van der Waals surface area (Å²) in [7, 11) is 1.56. The lowest BCUT2D eigenvalue weighted by molar-refractivity contribution is -0.130. The molecule has 0 spiro atoms. The number of hydrogen-bond acceptors (Lipinski definition) is 4. The standard InChI is InChI=1S/C17H14O5/c1-20-13-7-5-11(6-8-13)14(17(18)19)9-12-3-2-4-15-16(12)22-10-21-15/h2-9H,10H2,1H3,(H,18,19)/b14-9+. The summed E-state index contributed by atoms with van der Waals surface area (Å²) in [6, 6.07) is 12.2. The number of hydrogen-bond donors (Lipinski definition) is 1. The monoisotopic (exact) mass is 298 g/mol. The molecule has 0 radical (unpaired) electrons. The number of carbonyl (C=O) groups is 1. The van der Waals surface area contributed by atoms with E-state index < -0.39 is 5.97 Å². The van der Waals surface area contributed by atoms with Crippen LogP contribution in [0.1, 0.15) is 11.1 Å². The van der Waals surface area contributed by atoms with Crippen molar-refractivity contribution in [3.63, 3.8) is 0 Å². The molecule has 2 aromatic rings. The Morgan fingerprint density at radius 1 is 1.18 bits per heavy atom. The van der Waals surface area contributed by atoms with E-state index in [1.165, 1.54) is 0 Å². The number of carboxylic acids is 1. The van der Waals surface area contributed by atoms with Crippen LogP contribution in [-0.4, -0.2) is 25.0 Å². The van der Waals surface area contributed by atoms with E-state index in [0.29, 0.717) is 28.4 Å². The van der Waals surface area contributed by atoms with Gasteiger partial charge in [-0.25, -0.2) is 4.79 Å². The van der Waals surface area contributed by atoms with Crippen molar-refractivity contribution in [1.29, 1.82) is 0 Å². The summed E-state index contributed by atoms with van der Waals surface area (Å²) in [5.74, 6) is 0.843. The van der Waals surface area contributed by atoms with Gasteiger partial charge >= 0.3 is 5.97 Å². The largest absolute Gasteiger partial charge is 0.497 e. The van der Waals surface area contributed by atoms with Crippen molar-refractivity contribution >= 4 is 17.6 Å². The second-order valence-corrected chi connectivity index (χ2v) is 4.67. The van der Waals surface area contributed by atoms with Crippen LogP contribution in [0.4, 0.5) is 0 Å². The second kappa shape index (κ2) is 5.81. The van der Waals surface area contributed by atoms with Crippen LogP contribution in [0.5, 0.6) is 17.2 Å². The number of aliphatic carboxylic acids is 1. The van der Waals surface area contributed by atoms with Gasteiger partial charge in [0, 0.05) is 5.56 Å². The number of benzene rings is 2. The Morgan fingerprint density at radius 2 is 1.95 bits per heavy atom. The van der Waals surface area contributed by atoms with Crippen LogP contribution in [0.15, 0.2) is 42.5 Å². The number of para-hydroxylation sites is 1. The maximum atomic E-state index is 11.6. The summed E-state index contributed by atoms with van der Waals surface area (Å²) in [4.78, 5) is 11.6. The van der Waals surface area contributed by atoms with Crippen LogP contribution in [0.2, 0.25) is 0 Å². The van der Waals surface area contributed by atoms with Crippen LogP contribution in [0.25, 0.3) is 11.6 Å². The van der Waals surface area contributed by atoms with Gasteiger partial charge in [-0.3, -0.25) is 0 Å². The van der Waals surface area contributed by atoms with Gasteiger partial charge in [0.1, 0.15) is 5.75 Å². The molecule has 3 rings (SSSR count). The maximum Gasteiger partial charge on any atom is 0.336 e. The number of carboxylic acid groups (broad SMARTS) is 1. The third kappa shape index (κ3) is 2.61. The normalized spacial score (nSPS) is 13.0. The maximum absolute atomic E-state index is 11.6. The topological polar surface area (TPSA) is 65.0 Å². The van der Waals surface area contributed by atoms with E-state index in [0.717, 1.165) is 0 Å². The van der Waals surface area contributed by atoms with Gasteiger partial charge in [-0.15, -0.1) is 0 Å². The Hall–Kier alpha value is -2.95. The molecule has 112 valence electrons. The number of methoxy groups -OCH3 is 1. The van der Waals surface area contributed by atoms with Gasteiger partial charge in [-0.2, -0.15) is 0 Å². The molecule has 1 aliphatic heterocycles. The van der Waals surface area contributed by atoms with Crippen molar-refractivity contribution < 1.29 is 24.1 Å². The molecule has 5 heteroatoms. The van der Waals surface area contributed by atoms with Crippen molar-refractivity contribution in [2.24, 2.45) is 0 Å². The van der Waals surface area contributed by atoms with Crippen LogP contribution in [-0.2, 0) is 4.79 Å². The molecule has 2 aromatic carbocycles. The van der Waals surface area contributed by atoms with Crippen LogP contribution in [0.3, 0.4) is 0 Å². The van der Waals surface area contributed by atoms with E-state index in [1.807, 2.05) is 0 Å². The number of fused-ring (bicyclic) bond motifs is 1. The molecule has 0 saturated heterocycles. The van der Waals surface area contributed by atoms with Crippen LogP contribution in [0, 0.1) is 0 Å². The molecular formula is C17H14O5. The molecule has 0 atom stereocenters. The molecule has 0 amide bonds. The fourth-order valence-corrected chi connectivity index (χ4v) is 2.26. The number of ether oxygens (including phenoxy) is 3. The van der Waals surface area contributed by atoms with Gasteiger partial charge in [-0.1, -0.05) is 24.3 Å². The molecular weight excluding hydrogens is 284 g/mol. The molecule has 1 heterocycles. The first-order chi connectivity index (χ1) is 10.7. The summed E-state index contributed by atoms with van der Waals surface area (Å²) in [5, 5.41) is 9.49. The summed E-state index contributed by atoms with van der Waals surface area (Å²) < 4.78 is 15.8. The van der Waals surface area contributed by atoms with E-state index in [2.05, 4.69) is 0 Å². The van der Waals surface area contributed by atoms with Gasteiger partial charge in [0.25, 0.3) is 0 Å².